The molecule has 75 heavy (non-hydrogen) atoms. The van der Waals surface area contributed by atoms with Gasteiger partial charge < -0.3 is 24.5 Å². The van der Waals surface area contributed by atoms with Crippen molar-refractivity contribution in [2.24, 2.45) is 0 Å². The van der Waals surface area contributed by atoms with E-state index in [9.17, 15) is 62.3 Å². The van der Waals surface area contributed by atoms with Crippen LogP contribution in [0.15, 0.2) is 97.1 Å². The number of aromatic carboxylic acids is 1. The zero-order valence-corrected chi connectivity index (χ0v) is 39.6. The Morgan fingerprint density at radius 3 is 1.03 bits per heavy atom. The molecule has 0 unspecified atom stereocenters. The van der Waals surface area contributed by atoms with E-state index in [4.69, 9.17) is 5.11 Å². The van der Waals surface area contributed by atoms with Crippen molar-refractivity contribution < 1.29 is 86.8 Å². The molecule has 4 heterocycles. The van der Waals surface area contributed by atoms with E-state index in [0.29, 0.717) is 37.3 Å². The minimum absolute atomic E-state index is 0. The van der Waals surface area contributed by atoms with Gasteiger partial charge >= 0.3 is 30.3 Å². The van der Waals surface area contributed by atoms with Crippen LogP contribution in [0.1, 0.15) is 85.8 Å². The molecule has 0 radical (unpaired) electrons. The van der Waals surface area contributed by atoms with Crippen molar-refractivity contribution >= 4 is 100 Å². The molecule has 4 aromatic carbocycles. The number of carboxylic acids is 1. The van der Waals surface area contributed by atoms with Gasteiger partial charge in [-0.25, -0.2) is 24.0 Å². The van der Waals surface area contributed by atoms with Crippen LogP contribution in [-0.2, 0) is 57.7 Å². The lowest BCUT2D eigenvalue weighted by molar-refractivity contribution is -0.171. The molecule has 4 fully saturated rings. The summed E-state index contributed by atoms with van der Waals surface area (Å²) in [5.41, 5.74) is 4.76. The van der Waals surface area contributed by atoms with Crippen molar-refractivity contribution in [2.75, 3.05) is 21.3 Å². The first-order valence-electron chi connectivity index (χ1n) is 22.1. The zero-order chi connectivity index (χ0) is 54.1. The van der Waals surface area contributed by atoms with Crippen LogP contribution in [0.4, 0.5) is 41.9 Å². The van der Waals surface area contributed by atoms with E-state index in [0.717, 1.165) is 16.7 Å². The molecule has 4 aliphatic heterocycles. The van der Waals surface area contributed by atoms with Gasteiger partial charge in [0.2, 0.25) is 0 Å². The smallest absolute Gasteiger partial charge is 0.436 e. The van der Waals surface area contributed by atoms with Gasteiger partial charge in [0.05, 0.1) is 5.56 Å². The van der Waals surface area contributed by atoms with E-state index < -0.39 is 77.6 Å². The molecular weight excluding hydrogens is 989 g/mol. The second-order valence-electron chi connectivity index (χ2n) is 15.8. The van der Waals surface area contributed by atoms with Crippen molar-refractivity contribution in [1.29, 1.82) is 0 Å². The van der Waals surface area contributed by atoms with E-state index in [1.807, 2.05) is 57.2 Å². The number of carbonyl (C=O) groups excluding carboxylic acids is 12. The van der Waals surface area contributed by atoms with Gasteiger partial charge in [-0.15, -0.1) is 20.3 Å². The molecule has 12 amide bonds. The summed E-state index contributed by atoms with van der Waals surface area (Å²) in [6.45, 7) is 5.66. The molecule has 0 bridgehead atoms. The number of amides is 12. The summed E-state index contributed by atoms with van der Waals surface area (Å²) in [7, 11) is 0. The molecule has 4 aliphatic rings. The second kappa shape index (κ2) is 27.0. The minimum Gasteiger partial charge on any atom is -0.478 e. The number of carbonyl (C=O) groups is 13. The zero-order valence-electron chi connectivity index (χ0n) is 39.6. The quantitative estimate of drug-likeness (QED) is 0.112. The number of nitrogens with zero attached hydrogens (tertiary/aromatic N) is 4. The number of anilines is 4. The summed E-state index contributed by atoms with van der Waals surface area (Å²) in [5.74, 6) is -5.34. The molecule has 0 atom stereocenters. The summed E-state index contributed by atoms with van der Waals surface area (Å²) in [5, 5.41) is 20.3. The highest BCUT2D eigenvalue weighted by Crippen LogP contribution is 2.19. The maximum atomic E-state index is 11.5. The Kier molecular flexibility index (Phi) is 20.7. The number of para-hydroxylation sites is 1. The number of rotatable bonds is 9. The molecular formula is C49H50N8O18. The maximum Gasteiger partial charge on any atom is 0.436 e. The number of hydrogen-bond donors (Lipinski definition) is 5. The Balaban J connectivity index is 0.000000216. The van der Waals surface area contributed by atoms with Gasteiger partial charge in [-0.2, -0.15) is 0 Å². The predicted molar refractivity (Wildman–Crippen MR) is 258 cm³/mol. The Morgan fingerprint density at radius 1 is 0.400 bits per heavy atom. The first kappa shape index (κ1) is 57.6. The summed E-state index contributed by atoms with van der Waals surface area (Å²) in [4.78, 5) is 165. The third-order valence-corrected chi connectivity index (χ3v) is 10.1. The molecule has 26 nitrogen and oxygen atoms in total. The minimum atomic E-state index is -1.15. The molecule has 0 spiro atoms. The maximum absolute atomic E-state index is 11.5. The lowest BCUT2D eigenvalue weighted by Crippen LogP contribution is -2.34. The van der Waals surface area contributed by atoms with Gasteiger partial charge in [0.15, 0.2) is 0 Å². The Bertz CT molecular complexity index is 2720. The lowest BCUT2D eigenvalue weighted by Gasteiger charge is -2.13. The van der Waals surface area contributed by atoms with Crippen LogP contribution in [0, 0.1) is 20.8 Å². The number of hydroxylamine groups is 8. The third kappa shape index (κ3) is 17.4. The molecule has 8 rings (SSSR count). The van der Waals surface area contributed by atoms with Crippen LogP contribution in [0.5, 0.6) is 0 Å². The van der Waals surface area contributed by atoms with Gasteiger partial charge in [0.25, 0.3) is 47.3 Å². The highest BCUT2D eigenvalue weighted by atomic mass is 16.7. The normalized spacial score (nSPS) is 14.5. The number of hydrogen-bond acceptors (Lipinski definition) is 17. The Morgan fingerprint density at radius 2 is 0.707 bits per heavy atom. The van der Waals surface area contributed by atoms with E-state index in [-0.39, 0.29) is 70.0 Å². The van der Waals surface area contributed by atoms with Crippen LogP contribution in [0.3, 0.4) is 0 Å². The van der Waals surface area contributed by atoms with E-state index in [1.54, 1.807) is 36.4 Å². The average molecular weight is 1040 g/mol. The monoisotopic (exact) mass is 1040 g/mol. The van der Waals surface area contributed by atoms with Crippen LogP contribution in [0.25, 0.3) is 0 Å². The Labute approximate surface area is 426 Å². The summed E-state index contributed by atoms with van der Waals surface area (Å²) in [6, 6.07) is 26.6. The fourth-order valence-corrected chi connectivity index (χ4v) is 6.23. The predicted octanol–water partition coefficient (Wildman–Crippen LogP) is 6.46. The number of benzene rings is 4. The summed E-state index contributed by atoms with van der Waals surface area (Å²) >= 11 is 0. The topological polar surface area (TPSA) is 340 Å². The van der Waals surface area contributed by atoms with E-state index in [1.165, 1.54) is 24.3 Å². The highest BCUT2D eigenvalue weighted by Gasteiger charge is 2.36. The van der Waals surface area contributed by atoms with Gasteiger partial charge in [-0.05, 0) is 74.9 Å². The number of imide groups is 4. The van der Waals surface area contributed by atoms with Crippen LogP contribution in [-0.4, -0.2) is 103 Å². The second-order valence-corrected chi connectivity index (χ2v) is 15.8. The molecule has 0 aliphatic carbocycles. The molecule has 5 N–H and O–H groups in total. The molecule has 26 heteroatoms. The van der Waals surface area contributed by atoms with Gasteiger partial charge in [0, 0.05) is 74.1 Å². The average Bonchev–Trinajstić information content (AvgIpc) is 4.07. The fraction of sp³-hybridized carbons (Fsp3) is 0.245. The standard InChI is InChI=1S/C12H10N2O6.3C12H12N2O4.CH4/c15-9-4-5-10(16)14(9)20-12(19)13-8-3-1-2-7(6-8)11(17)18;2*1-8-2-4-9(5-3-8)13-12(17)18-14-10(15)6-7-11(14)16;1-8-4-2-3-5-9(8)13-12(17)18-14-10(15)6-7-11(14)16;/h1-3,6H,4-5H2,(H,13,19)(H,17,18);3*2-5H,6-7H2,1H3,(H,13,17);1H4. The van der Waals surface area contributed by atoms with E-state index in [2.05, 4.69) is 40.6 Å². The van der Waals surface area contributed by atoms with Gasteiger partial charge in [-0.1, -0.05) is 67.1 Å². The number of nitrogens with one attached hydrogen (secondary N) is 4. The number of aryl methyl sites for hydroxylation is 3. The van der Waals surface area contributed by atoms with Crippen molar-refractivity contribution in [1.82, 2.24) is 20.3 Å². The molecule has 4 aromatic rings. The largest absolute Gasteiger partial charge is 0.478 e. The van der Waals surface area contributed by atoms with Crippen LogP contribution in [0.2, 0.25) is 0 Å². The summed E-state index contributed by atoms with van der Waals surface area (Å²) < 4.78 is 0. The van der Waals surface area contributed by atoms with E-state index >= 15 is 0 Å². The van der Waals surface area contributed by atoms with Gasteiger partial charge in [-0.3, -0.25) is 59.6 Å². The first-order valence-corrected chi connectivity index (χ1v) is 22.1. The summed E-state index contributed by atoms with van der Waals surface area (Å²) in [6.07, 6.45) is -3.14. The molecule has 0 saturated carbocycles. The number of carboxylic acid groups (broad SMARTS) is 1. The first-order chi connectivity index (χ1) is 35.2. The third-order valence-electron chi connectivity index (χ3n) is 10.1. The molecule has 4 saturated heterocycles. The fourth-order valence-electron chi connectivity index (χ4n) is 6.23. The molecule has 394 valence electrons. The molecule has 0 aromatic heterocycles. The highest BCUT2D eigenvalue weighted by molar-refractivity contribution is 6.04. The van der Waals surface area contributed by atoms with Crippen LogP contribution >= 0.6 is 0 Å². The lowest BCUT2D eigenvalue weighted by atomic mass is 10.2. The van der Waals surface area contributed by atoms with Gasteiger partial charge in [0.1, 0.15) is 0 Å². The van der Waals surface area contributed by atoms with Crippen molar-refractivity contribution in [3.8, 4) is 0 Å². The van der Waals surface area contributed by atoms with Crippen molar-refractivity contribution in [2.45, 2.75) is 79.6 Å². The van der Waals surface area contributed by atoms with Crippen molar-refractivity contribution in [3.05, 3.63) is 119 Å². The Hall–Kier alpha value is -10.0. The van der Waals surface area contributed by atoms with Crippen molar-refractivity contribution in [3.63, 3.8) is 0 Å². The van der Waals surface area contributed by atoms with Crippen LogP contribution < -0.4 is 21.3 Å². The SMILES string of the molecule is C.Cc1ccc(NC(=O)ON2C(=O)CCC2=O)cc1.Cc1ccc(NC(=O)ON2C(=O)CCC2=O)cc1.Cc1ccccc1NC(=O)ON1C(=O)CCC1=O.O=C(Nc1cccc(C(=O)O)c1)ON1C(=O)CCC1=O.